The molecule has 0 aliphatic carbocycles. The van der Waals surface area contributed by atoms with Crippen molar-refractivity contribution >= 4 is 5.69 Å². The summed E-state index contributed by atoms with van der Waals surface area (Å²) in [6.45, 7) is 6.93. The van der Waals surface area contributed by atoms with E-state index >= 15 is 0 Å². The van der Waals surface area contributed by atoms with Gasteiger partial charge in [-0.1, -0.05) is 25.1 Å². The molecular weight excluding hydrogens is 236 g/mol. The summed E-state index contributed by atoms with van der Waals surface area (Å²) >= 11 is 0. The van der Waals surface area contributed by atoms with Crippen molar-refractivity contribution in [2.75, 3.05) is 37.7 Å². The summed E-state index contributed by atoms with van der Waals surface area (Å²) in [5.74, 6) is 0.389. The Morgan fingerprint density at radius 2 is 2.11 bits per heavy atom. The predicted octanol–water partition coefficient (Wildman–Crippen LogP) is 1.75. The van der Waals surface area contributed by atoms with Gasteiger partial charge in [0, 0.05) is 43.9 Å². The van der Waals surface area contributed by atoms with Crippen LogP contribution >= 0.6 is 0 Å². The Hall–Kier alpha value is -1.06. The number of para-hydroxylation sites is 1. The van der Waals surface area contributed by atoms with E-state index in [0.29, 0.717) is 18.6 Å². The molecule has 1 N–H and O–H groups in total. The standard InChI is InChI=1S/C16H24N2O/c1-2-17-9-8-16(14(11-17)12-19)18-10-7-13-5-3-4-6-15(13)18/h3-6,14,16,19H,2,7-12H2,1H3/t14-,16+/m0/s1. The van der Waals surface area contributed by atoms with Gasteiger partial charge in [0.25, 0.3) is 0 Å². The van der Waals surface area contributed by atoms with Gasteiger partial charge < -0.3 is 14.9 Å². The lowest BCUT2D eigenvalue weighted by Crippen LogP contribution is -2.52. The van der Waals surface area contributed by atoms with Crippen molar-refractivity contribution in [1.29, 1.82) is 0 Å². The Morgan fingerprint density at radius 1 is 1.26 bits per heavy atom. The number of benzene rings is 1. The molecule has 3 heteroatoms. The molecule has 104 valence electrons. The van der Waals surface area contributed by atoms with Crippen molar-refractivity contribution in [2.45, 2.75) is 25.8 Å². The Bertz CT molecular complexity index is 435. The lowest BCUT2D eigenvalue weighted by atomic mass is 9.91. The molecule has 3 rings (SSSR count). The monoisotopic (exact) mass is 260 g/mol. The van der Waals surface area contributed by atoms with E-state index in [1.54, 1.807) is 0 Å². The number of aliphatic hydroxyl groups excluding tert-OH is 1. The Kier molecular flexibility index (Phi) is 3.76. The maximum Gasteiger partial charge on any atom is 0.0491 e. The van der Waals surface area contributed by atoms with Crippen LogP contribution in [0.25, 0.3) is 0 Å². The first-order valence-electron chi connectivity index (χ1n) is 7.51. The number of aliphatic hydroxyl groups is 1. The topological polar surface area (TPSA) is 26.7 Å². The van der Waals surface area contributed by atoms with E-state index in [2.05, 4.69) is 41.0 Å². The first kappa shape index (κ1) is 12.9. The fraction of sp³-hybridized carbons (Fsp3) is 0.625. The van der Waals surface area contributed by atoms with E-state index in [9.17, 15) is 5.11 Å². The summed E-state index contributed by atoms with van der Waals surface area (Å²) in [6.07, 6.45) is 2.33. The number of piperidine rings is 1. The second-order valence-electron chi connectivity index (χ2n) is 5.76. The van der Waals surface area contributed by atoms with Crippen LogP contribution in [0.3, 0.4) is 0 Å². The predicted molar refractivity (Wildman–Crippen MR) is 78.6 cm³/mol. The number of nitrogens with zero attached hydrogens (tertiary/aromatic N) is 2. The lowest BCUT2D eigenvalue weighted by Gasteiger charge is -2.43. The average Bonchev–Trinajstić information content (AvgIpc) is 2.90. The van der Waals surface area contributed by atoms with Crippen molar-refractivity contribution in [3.8, 4) is 0 Å². The van der Waals surface area contributed by atoms with Crippen LogP contribution < -0.4 is 4.90 Å². The maximum absolute atomic E-state index is 9.73. The molecule has 2 aliphatic heterocycles. The minimum atomic E-state index is 0.305. The normalized spacial score (nSPS) is 27.6. The van der Waals surface area contributed by atoms with Gasteiger partial charge in [0.2, 0.25) is 0 Å². The molecule has 1 aromatic carbocycles. The molecule has 2 atom stereocenters. The number of fused-ring (bicyclic) bond motifs is 1. The van der Waals surface area contributed by atoms with Crippen LogP contribution in [0.5, 0.6) is 0 Å². The largest absolute Gasteiger partial charge is 0.396 e. The average molecular weight is 260 g/mol. The second kappa shape index (κ2) is 5.51. The third kappa shape index (κ3) is 2.37. The van der Waals surface area contributed by atoms with Crippen LogP contribution in [0.15, 0.2) is 24.3 Å². The summed E-state index contributed by atoms with van der Waals surface area (Å²) in [6, 6.07) is 9.25. The second-order valence-corrected chi connectivity index (χ2v) is 5.76. The summed E-state index contributed by atoms with van der Waals surface area (Å²) in [4.78, 5) is 5.00. The molecule has 1 fully saturated rings. The van der Waals surface area contributed by atoms with E-state index in [1.165, 1.54) is 17.7 Å². The highest BCUT2D eigenvalue weighted by molar-refractivity contribution is 5.58. The molecule has 2 heterocycles. The molecule has 1 saturated heterocycles. The number of anilines is 1. The molecule has 19 heavy (non-hydrogen) atoms. The molecular formula is C16H24N2O. The number of likely N-dealkylation sites (tertiary alicyclic amines) is 1. The Labute approximate surface area is 115 Å². The summed E-state index contributed by atoms with van der Waals surface area (Å²) in [5.41, 5.74) is 2.87. The number of hydrogen-bond donors (Lipinski definition) is 1. The molecule has 2 aliphatic rings. The van der Waals surface area contributed by atoms with Crippen LogP contribution in [0, 0.1) is 5.92 Å². The molecule has 0 spiro atoms. The van der Waals surface area contributed by atoms with Crippen molar-refractivity contribution in [3.05, 3.63) is 29.8 Å². The van der Waals surface area contributed by atoms with E-state index in [-0.39, 0.29) is 0 Å². The quantitative estimate of drug-likeness (QED) is 0.897. The van der Waals surface area contributed by atoms with E-state index in [1.807, 2.05) is 0 Å². The van der Waals surface area contributed by atoms with Gasteiger partial charge >= 0.3 is 0 Å². The zero-order valence-corrected chi connectivity index (χ0v) is 11.8. The van der Waals surface area contributed by atoms with Gasteiger partial charge in [-0.25, -0.2) is 0 Å². The van der Waals surface area contributed by atoms with Crippen molar-refractivity contribution in [2.24, 2.45) is 5.92 Å². The fourth-order valence-electron chi connectivity index (χ4n) is 3.68. The van der Waals surface area contributed by atoms with E-state index in [0.717, 1.165) is 32.6 Å². The third-order valence-corrected chi connectivity index (χ3v) is 4.78. The van der Waals surface area contributed by atoms with E-state index in [4.69, 9.17) is 0 Å². The summed E-state index contributed by atoms with van der Waals surface area (Å²) in [7, 11) is 0. The van der Waals surface area contributed by atoms with Crippen LogP contribution in [0.2, 0.25) is 0 Å². The summed E-state index contributed by atoms with van der Waals surface area (Å²) in [5, 5.41) is 9.73. The molecule has 1 aromatic rings. The molecule has 0 bridgehead atoms. The van der Waals surface area contributed by atoms with Crippen LogP contribution in [-0.2, 0) is 6.42 Å². The lowest BCUT2D eigenvalue weighted by molar-refractivity contribution is 0.104. The van der Waals surface area contributed by atoms with Gasteiger partial charge in [-0.2, -0.15) is 0 Å². The Balaban J connectivity index is 1.79. The van der Waals surface area contributed by atoms with Crippen LogP contribution in [0.1, 0.15) is 18.9 Å². The number of hydrogen-bond acceptors (Lipinski definition) is 3. The minimum absolute atomic E-state index is 0.305. The summed E-state index contributed by atoms with van der Waals surface area (Å²) < 4.78 is 0. The first-order chi connectivity index (χ1) is 9.33. The highest BCUT2D eigenvalue weighted by atomic mass is 16.3. The van der Waals surface area contributed by atoms with Gasteiger partial charge in [-0.05, 0) is 31.0 Å². The van der Waals surface area contributed by atoms with Gasteiger partial charge in [0.05, 0.1) is 0 Å². The molecule has 0 unspecified atom stereocenters. The molecule has 3 nitrogen and oxygen atoms in total. The van der Waals surface area contributed by atoms with Gasteiger partial charge in [-0.3, -0.25) is 0 Å². The molecule has 0 radical (unpaired) electrons. The van der Waals surface area contributed by atoms with E-state index < -0.39 is 0 Å². The van der Waals surface area contributed by atoms with Crippen molar-refractivity contribution < 1.29 is 5.11 Å². The van der Waals surface area contributed by atoms with Crippen molar-refractivity contribution in [3.63, 3.8) is 0 Å². The molecule has 0 amide bonds. The van der Waals surface area contributed by atoms with Gasteiger partial charge in [0.1, 0.15) is 0 Å². The smallest absolute Gasteiger partial charge is 0.0491 e. The minimum Gasteiger partial charge on any atom is -0.396 e. The zero-order valence-electron chi connectivity index (χ0n) is 11.8. The van der Waals surface area contributed by atoms with Crippen LogP contribution in [0.4, 0.5) is 5.69 Å². The zero-order chi connectivity index (χ0) is 13.2. The first-order valence-corrected chi connectivity index (χ1v) is 7.51. The molecule has 0 aromatic heterocycles. The third-order valence-electron chi connectivity index (χ3n) is 4.78. The van der Waals surface area contributed by atoms with Crippen molar-refractivity contribution in [1.82, 2.24) is 4.90 Å². The fourth-order valence-corrected chi connectivity index (χ4v) is 3.68. The highest BCUT2D eigenvalue weighted by Crippen LogP contribution is 2.34. The van der Waals surface area contributed by atoms with Crippen LogP contribution in [-0.4, -0.2) is 48.8 Å². The van der Waals surface area contributed by atoms with Gasteiger partial charge in [0.15, 0.2) is 0 Å². The molecule has 0 saturated carbocycles. The number of rotatable bonds is 3. The Morgan fingerprint density at radius 3 is 2.89 bits per heavy atom. The highest BCUT2D eigenvalue weighted by Gasteiger charge is 2.35. The van der Waals surface area contributed by atoms with Gasteiger partial charge in [-0.15, -0.1) is 0 Å². The maximum atomic E-state index is 9.73. The SMILES string of the molecule is CCN1CC[C@@H](N2CCc3ccccc32)[C@H](CO)C1.